The molecule has 0 bridgehead atoms. The van der Waals surface area contributed by atoms with Crippen molar-refractivity contribution in [3.63, 3.8) is 0 Å². The number of hydrogen-bond acceptors (Lipinski definition) is 4. The number of nitrogens with one attached hydrogen (secondary N) is 1. The van der Waals surface area contributed by atoms with E-state index in [1.54, 1.807) is 0 Å². The van der Waals surface area contributed by atoms with Crippen LogP contribution in [0.3, 0.4) is 0 Å². The first-order valence-electron chi connectivity index (χ1n) is 10.8. The molecule has 1 fully saturated rings. The third kappa shape index (κ3) is 5.02. The Morgan fingerprint density at radius 1 is 1.35 bits per heavy atom. The van der Waals surface area contributed by atoms with E-state index in [-0.39, 0.29) is 18.1 Å². The first-order valence-corrected chi connectivity index (χ1v) is 11.2. The van der Waals surface area contributed by atoms with Crippen LogP contribution in [0.1, 0.15) is 43.6 Å². The Hall–Kier alpha value is -2.57. The first kappa shape index (κ1) is 21.7. The van der Waals surface area contributed by atoms with Crippen LogP contribution < -0.4 is 10.1 Å². The van der Waals surface area contributed by atoms with Crippen LogP contribution in [-0.4, -0.2) is 34.8 Å². The average molecular weight is 442 g/mol. The third-order valence-corrected chi connectivity index (χ3v) is 6.00. The molecule has 1 aliphatic heterocycles. The van der Waals surface area contributed by atoms with Crippen LogP contribution in [0.4, 0.5) is 0 Å². The van der Waals surface area contributed by atoms with Gasteiger partial charge in [0.05, 0.1) is 23.7 Å². The Morgan fingerprint density at radius 3 is 2.97 bits per heavy atom. The summed E-state index contributed by atoms with van der Waals surface area (Å²) in [6, 6.07) is 13.5. The smallest absolute Gasteiger partial charge is 0.249 e. The molecule has 1 aromatic heterocycles. The fourth-order valence-electron chi connectivity index (χ4n) is 3.93. The molecule has 1 aliphatic rings. The quantitative estimate of drug-likeness (QED) is 0.509. The number of aryl methyl sites for hydroxylation is 2. The van der Waals surface area contributed by atoms with Crippen LogP contribution in [-0.2, 0) is 16.1 Å². The number of nitrogens with zero attached hydrogens (tertiary/aromatic N) is 2. The number of rotatable bonds is 8. The van der Waals surface area contributed by atoms with E-state index >= 15 is 0 Å². The number of fused-ring (bicyclic) bond motifs is 1. The zero-order valence-corrected chi connectivity index (χ0v) is 18.7. The highest BCUT2D eigenvalue weighted by Gasteiger charge is 2.26. The van der Waals surface area contributed by atoms with Gasteiger partial charge in [-0.15, -0.1) is 0 Å². The minimum Gasteiger partial charge on any atom is -0.494 e. The highest BCUT2D eigenvalue weighted by atomic mass is 35.5. The molecule has 6 nitrogen and oxygen atoms in total. The number of halogens is 1. The number of hydrogen-bond donors (Lipinski definition) is 1. The molecule has 0 saturated carbocycles. The predicted molar refractivity (Wildman–Crippen MR) is 122 cm³/mol. The van der Waals surface area contributed by atoms with Gasteiger partial charge in [-0.2, -0.15) is 0 Å². The van der Waals surface area contributed by atoms with Gasteiger partial charge in [0.1, 0.15) is 17.7 Å². The van der Waals surface area contributed by atoms with Crippen LogP contribution in [0, 0.1) is 6.92 Å². The van der Waals surface area contributed by atoms with Crippen LogP contribution >= 0.6 is 11.6 Å². The monoisotopic (exact) mass is 441 g/mol. The van der Waals surface area contributed by atoms with Gasteiger partial charge in [0.25, 0.3) is 0 Å². The molecule has 2 heterocycles. The van der Waals surface area contributed by atoms with Crippen molar-refractivity contribution in [2.75, 3.05) is 13.2 Å². The fourth-order valence-corrected chi connectivity index (χ4v) is 4.05. The Balaban J connectivity index is 1.44. The maximum absolute atomic E-state index is 12.5. The van der Waals surface area contributed by atoms with Gasteiger partial charge in [0.15, 0.2) is 0 Å². The van der Waals surface area contributed by atoms with Crippen molar-refractivity contribution in [3.8, 4) is 5.75 Å². The number of imidazole rings is 1. The normalized spacial score (nSPS) is 17.1. The van der Waals surface area contributed by atoms with Crippen LogP contribution in [0.25, 0.3) is 11.0 Å². The summed E-state index contributed by atoms with van der Waals surface area (Å²) < 4.78 is 13.6. The van der Waals surface area contributed by atoms with E-state index in [0.29, 0.717) is 13.2 Å². The van der Waals surface area contributed by atoms with Crippen LogP contribution in [0.2, 0.25) is 5.02 Å². The van der Waals surface area contributed by atoms with E-state index < -0.39 is 0 Å². The maximum Gasteiger partial charge on any atom is 0.249 e. The zero-order chi connectivity index (χ0) is 21.8. The number of ether oxygens (including phenoxy) is 2. The summed E-state index contributed by atoms with van der Waals surface area (Å²) in [4.78, 5) is 17.3. The van der Waals surface area contributed by atoms with Crippen molar-refractivity contribution in [1.82, 2.24) is 14.9 Å². The SMILES string of the molecule is Cc1cc(OCCCn2c(C(C)NC(=O)C3CCCO3)nc3ccccc32)ccc1Cl. The third-order valence-electron chi connectivity index (χ3n) is 5.58. The van der Waals surface area contributed by atoms with Crippen molar-refractivity contribution in [1.29, 1.82) is 0 Å². The van der Waals surface area contributed by atoms with Crippen molar-refractivity contribution >= 4 is 28.5 Å². The van der Waals surface area contributed by atoms with E-state index in [4.69, 9.17) is 26.1 Å². The Labute approximate surface area is 187 Å². The standard InChI is InChI=1S/C24H28ClN3O3/c1-16-15-18(10-11-19(16)25)30-14-6-12-28-21-8-4-3-7-20(21)27-23(28)17(2)26-24(29)22-9-5-13-31-22/h3-4,7-8,10-11,15,17,22H,5-6,9,12-14H2,1-2H3,(H,26,29). The molecule has 1 amide bonds. The zero-order valence-electron chi connectivity index (χ0n) is 17.9. The highest BCUT2D eigenvalue weighted by molar-refractivity contribution is 6.31. The van der Waals surface area contributed by atoms with Crippen molar-refractivity contribution in [3.05, 3.63) is 58.9 Å². The largest absolute Gasteiger partial charge is 0.494 e. The lowest BCUT2D eigenvalue weighted by Crippen LogP contribution is -2.36. The summed E-state index contributed by atoms with van der Waals surface area (Å²) >= 11 is 6.09. The number of benzene rings is 2. The molecule has 0 radical (unpaired) electrons. The summed E-state index contributed by atoms with van der Waals surface area (Å²) in [6.07, 6.45) is 2.16. The van der Waals surface area contributed by atoms with E-state index in [1.807, 2.05) is 50.2 Å². The lowest BCUT2D eigenvalue weighted by atomic mass is 10.2. The van der Waals surface area contributed by atoms with Gasteiger partial charge < -0.3 is 19.4 Å². The van der Waals surface area contributed by atoms with Gasteiger partial charge in [0, 0.05) is 18.2 Å². The second kappa shape index (κ2) is 9.71. The maximum atomic E-state index is 12.5. The van der Waals surface area contributed by atoms with Gasteiger partial charge in [-0.05, 0) is 69.0 Å². The molecule has 1 N–H and O–H groups in total. The molecule has 31 heavy (non-hydrogen) atoms. The lowest BCUT2D eigenvalue weighted by Gasteiger charge is -2.18. The molecule has 1 saturated heterocycles. The molecular formula is C24H28ClN3O3. The molecule has 2 unspecified atom stereocenters. The lowest BCUT2D eigenvalue weighted by molar-refractivity contribution is -0.130. The number of aromatic nitrogens is 2. The van der Waals surface area contributed by atoms with Gasteiger partial charge in [0.2, 0.25) is 5.91 Å². The minimum absolute atomic E-state index is 0.0648. The molecule has 2 atom stereocenters. The van der Waals surface area contributed by atoms with Crippen molar-refractivity contribution in [2.45, 2.75) is 51.8 Å². The molecule has 164 valence electrons. The van der Waals surface area contributed by atoms with Gasteiger partial charge in [-0.1, -0.05) is 23.7 Å². The minimum atomic E-state index is -0.350. The predicted octanol–water partition coefficient (Wildman–Crippen LogP) is 4.82. The average Bonchev–Trinajstić information content (AvgIpc) is 3.42. The molecular weight excluding hydrogens is 414 g/mol. The molecule has 3 aromatic rings. The molecule has 0 spiro atoms. The Bertz CT molecular complexity index is 1060. The number of carbonyl (C=O) groups is 1. The molecule has 7 heteroatoms. The van der Waals surface area contributed by atoms with Gasteiger partial charge >= 0.3 is 0 Å². The van der Waals surface area contributed by atoms with Gasteiger partial charge in [-0.3, -0.25) is 4.79 Å². The Morgan fingerprint density at radius 2 is 2.19 bits per heavy atom. The van der Waals surface area contributed by atoms with E-state index in [9.17, 15) is 4.79 Å². The topological polar surface area (TPSA) is 65.4 Å². The second-order valence-corrected chi connectivity index (χ2v) is 8.36. The number of para-hydroxylation sites is 2. The van der Waals surface area contributed by atoms with E-state index in [2.05, 4.69) is 16.0 Å². The summed E-state index contributed by atoms with van der Waals surface area (Å²) in [5.41, 5.74) is 2.97. The molecule has 4 rings (SSSR count). The summed E-state index contributed by atoms with van der Waals surface area (Å²) in [5.74, 6) is 1.59. The molecule has 2 aromatic carbocycles. The fraction of sp³-hybridized carbons (Fsp3) is 0.417. The second-order valence-electron chi connectivity index (χ2n) is 7.96. The van der Waals surface area contributed by atoms with Gasteiger partial charge in [-0.25, -0.2) is 4.98 Å². The van der Waals surface area contributed by atoms with E-state index in [0.717, 1.165) is 59.0 Å². The summed E-state index contributed by atoms with van der Waals surface area (Å²) in [6.45, 7) is 5.90. The number of amides is 1. The highest BCUT2D eigenvalue weighted by Crippen LogP contribution is 2.23. The Kier molecular flexibility index (Phi) is 6.78. The number of carbonyl (C=O) groups excluding carboxylic acids is 1. The first-order chi connectivity index (χ1) is 15.0. The van der Waals surface area contributed by atoms with E-state index in [1.165, 1.54) is 0 Å². The summed E-state index contributed by atoms with van der Waals surface area (Å²) in [7, 11) is 0. The summed E-state index contributed by atoms with van der Waals surface area (Å²) in [5, 5.41) is 3.81. The van der Waals surface area contributed by atoms with Crippen LogP contribution in [0.5, 0.6) is 5.75 Å². The molecule has 0 aliphatic carbocycles. The van der Waals surface area contributed by atoms with Crippen molar-refractivity contribution < 1.29 is 14.3 Å². The van der Waals surface area contributed by atoms with Crippen LogP contribution in [0.15, 0.2) is 42.5 Å². The van der Waals surface area contributed by atoms with Crippen molar-refractivity contribution in [2.24, 2.45) is 0 Å².